The van der Waals surface area contributed by atoms with E-state index in [2.05, 4.69) is 26.9 Å². The lowest BCUT2D eigenvalue weighted by Gasteiger charge is -2.10. The van der Waals surface area contributed by atoms with E-state index in [9.17, 15) is 4.79 Å². The summed E-state index contributed by atoms with van der Waals surface area (Å²) in [5.74, 6) is 1.28. The SMILES string of the molecule is COc1ccc(CCn2c(C)cc(C(=O)CSc3nnc(N)s3)c2C)cc1. The Labute approximate surface area is 166 Å². The molecule has 0 amide bonds. The third-order valence-electron chi connectivity index (χ3n) is 4.41. The van der Waals surface area contributed by atoms with Gasteiger partial charge in [-0.15, -0.1) is 10.2 Å². The zero-order chi connectivity index (χ0) is 19.4. The molecule has 6 nitrogen and oxygen atoms in total. The number of aryl methyl sites for hydroxylation is 2. The van der Waals surface area contributed by atoms with Gasteiger partial charge in [-0.2, -0.15) is 0 Å². The quantitative estimate of drug-likeness (QED) is 0.456. The number of carbonyl (C=O) groups excluding carboxylic acids is 1. The van der Waals surface area contributed by atoms with Gasteiger partial charge < -0.3 is 15.0 Å². The average Bonchev–Trinajstić information content (AvgIpc) is 3.21. The lowest BCUT2D eigenvalue weighted by molar-refractivity contribution is 0.102. The molecule has 2 heterocycles. The highest BCUT2D eigenvalue weighted by Crippen LogP contribution is 2.25. The molecule has 1 aromatic carbocycles. The predicted octanol–water partition coefficient (Wildman–Crippen LogP) is 3.76. The Bertz CT molecular complexity index is 932. The molecule has 3 aromatic rings. The Morgan fingerprint density at radius 2 is 2.00 bits per heavy atom. The Hall–Kier alpha value is -2.32. The van der Waals surface area contributed by atoms with Crippen molar-refractivity contribution in [3.05, 3.63) is 52.8 Å². The van der Waals surface area contributed by atoms with Crippen LogP contribution >= 0.6 is 23.1 Å². The fraction of sp³-hybridized carbons (Fsp3) is 0.316. The highest BCUT2D eigenvalue weighted by atomic mass is 32.2. The number of ketones is 1. The van der Waals surface area contributed by atoms with Crippen molar-refractivity contribution in [2.45, 2.75) is 31.2 Å². The number of nitrogen functional groups attached to an aromatic ring is 1. The van der Waals surface area contributed by atoms with Crippen LogP contribution in [-0.2, 0) is 13.0 Å². The van der Waals surface area contributed by atoms with Gasteiger partial charge in [0.1, 0.15) is 5.75 Å². The molecule has 27 heavy (non-hydrogen) atoms. The largest absolute Gasteiger partial charge is 0.497 e. The van der Waals surface area contributed by atoms with Crippen molar-refractivity contribution in [3.8, 4) is 5.75 Å². The van der Waals surface area contributed by atoms with Gasteiger partial charge in [0, 0.05) is 23.5 Å². The van der Waals surface area contributed by atoms with Crippen LogP contribution in [0.25, 0.3) is 0 Å². The molecule has 0 aliphatic heterocycles. The topological polar surface area (TPSA) is 83.0 Å². The summed E-state index contributed by atoms with van der Waals surface area (Å²) in [7, 11) is 1.67. The van der Waals surface area contributed by atoms with Crippen LogP contribution in [0.4, 0.5) is 5.13 Å². The van der Waals surface area contributed by atoms with Crippen molar-refractivity contribution in [2.24, 2.45) is 0 Å². The molecule has 0 radical (unpaired) electrons. The van der Waals surface area contributed by atoms with Gasteiger partial charge in [-0.1, -0.05) is 35.2 Å². The molecule has 0 spiro atoms. The van der Waals surface area contributed by atoms with Crippen molar-refractivity contribution in [2.75, 3.05) is 18.6 Å². The third kappa shape index (κ3) is 4.70. The Balaban J connectivity index is 1.65. The van der Waals surface area contributed by atoms with Crippen molar-refractivity contribution in [1.82, 2.24) is 14.8 Å². The van der Waals surface area contributed by atoms with Gasteiger partial charge in [0.15, 0.2) is 10.1 Å². The third-order valence-corrected chi connectivity index (χ3v) is 6.29. The van der Waals surface area contributed by atoms with E-state index in [0.29, 0.717) is 15.2 Å². The van der Waals surface area contributed by atoms with Crippen LogP contribution in [0, 0.1) is 13.8 Å². The van der Waals surface area contributed by atoms with Crippen LogP contribution in [-0.4, -0.2) is 33.4 Å². The molecular formula is C19H22N4O2S2. The van der Waals surface area contributed by atoms with Crippen LogP contribution in [0.5, 0.6) is 5.75 Å². The molecule has 3 rings (SSSR count). The number of hydrogen-bond donors (Lipinski definition) is 1. The number of methoxy groups -OCH3 is 1. The van der Waals surface area contributed by atoms with Crippen LogP contribution in [0.2, 0.25) is 0 Å². The van der Waals surface area contributed by atoms with Gasteiger partial charge in [0.25, 0.3) is 0 Å². The minimum absolute atomic E-state index is 0.0950. The Morgan fingerprint density at radius 3 is 2.63 bits per heavy atom. The smallest absolute Gasteiger partial charge is 0.203 e. The van der Waals surface area contributed by atoms with E-state index < -0.39 is 0 Å². The van der Waals surface area contributed by atoms with Gasteiger partial charge in [-0.25, -0.2) is 0 Å². The Kier molecular flexibility index (Phi) is 6.18. The molecule has 0 saturated heterocycles. The summed E-state index contributed by atoms with van der Waals surface area (Å²) in [5.41, 5.74) is 9.68. The van der Waals surface area contributed by atoms with Crippen LogP contribution in [0.3, 0.4) is 0 Å². The number of ether oxygens (including phenoxy) is 1. The molecule has 8 heteroatoms. The average molecular weight is 403 g/mol. The highest BCUT2D eigenvalue weighted by molar-refractivity contribution is 8.01. The number of rotatable bonds is 8. The fourth-order valence-electron chi connectivity index (χ4n) is 2.94. The van der Waals surface area contributed by atoms with Crippen LogP contribution < -0.4 is 10.5 Å². The van der Waals surface area contributed by atoms with Gasteiger partial charge in [0.2, 0.25) is 5.13 Å². The van der Waals surface area contributed by atoms with Gasteiger partial charge >= 0.3 is 0 Å². The van der Waals surface area contributed by atoms with E-state index in [-0.39, 0.29) is 5.78 Å². The van der Waals surface area contributed by atoms with E-state index in [1.165, 1.54) is 28.7 Å². The number of Topliss-reactive ketones (excluding diaryl/α,β-unsaturated/α-hetero) is 1. The summed E-state index contributed by atoms with van der Waals surface area (Å²) in [6, 6.07) is 10.1. The molecule has 142 valence electrons. The first-order valence-corrected chi connectivity index (χ1v) is 10.3. The summed E-state index contributed by atoms with van der Waals surface area (Å²) in [5, 5.41) is 8.13. The lowest BCUT2D eigenvalue weighted by Crippen LogP contribution is -2.08. The van der Waals surface area contributed by atoms with E-state index in [1.54, 1.807) is 7.11 Å². The van der Waals surface area contributed by atoms with E-state index in [0.717, 1.165) is 35.7 Å². The van der Waals surface area contributed by atoms with Gasteiger partial charge in [0.05, 0.1) is 12.9 Å². The summed E-state index contributed by atoms with van der Waals surface area (Å²) >= 11 is 2.67. The summed E-state index contributed by atoms with van der Waals surface area (Å²) in [4.78, 5) is 12.6. The number of nitrogens with two attached hydrogens (primary N) is 1. The first kappa shape index (κ1) is 19.4. The van der Waals surface area contributed by atoms with Gasteiger partial charge in [-0.3, -0.25) is 4.79 Å². The molecule has 0 unspecified atom stereocenters. The number of anilines is 1. The maximum absolute atomic E-state index is 12.6. The second kappa shape index (κ2) is 8.58. The minimum Gasteiger partial charge on any atom is -0.497 e. The lowest BCUT2D eigenvalue weighted by atomic mass is 10.1. The van der Waals surface area contributed by atoms with Crippen molar-refractivity contribution >= 4 is 34.0 Å². The van der Waals surface area contributed by atoms with Crippen molar-refractivity contribution < 1.29 is 9.53 Å². The summed E-state index contributed by atoms with van der Waals surface area (Å²) < 4.78 is 8.11. The zero-order valence-electron chi connectivity index (χ0n) is 15.6. The number of nitrogens with zero attached hydrogens (tertiary/aromatic N) is 3. The zero-order valence-corrected chi connectivity index (χ0v) is 17.2. The maximum Gasteiger partial charge on any atom is 0.203 e. The molecule has 2 aromatic heterocycles. The molecule has 0 bridgehead atoms. The second-order valence-electron chi connectivity index (χ2n) is 6.15. The molecule has 0 aliphatic rings. The monoisotopic (exact) mass is 402 g/mol. The van der Waals surface area contributed by atoms with E-state index >= 15 is 0 Å². The molecule has 0 aliphatic carbocycles. The number of hydrogen-bond acceptors (Lipinski definition) is 7. The first-order valence-electron chi connectivity index (χ1n) is 8.52. The maximum atomic E-state index is 12.6. The van der Waals surface area contributed by atoms with Crippen LogP contribution in [0.15, 0.2) is 34.7 Å². The molecule has 0 atom stereocenters. The van der Waals surface area contributed by atoms with Crippen molar-refractivity contribution in [3.63, 3.8) is 0 Å². The highest BCUT2D eigenvalue weighted by Gasteiger charge is 2.16. The van der Waals surface area contributed by atoms with E-state index in [1.807, 2.05) is 32.0 Å². The number of benzene rings is 1. The fourth-order valence-corrected chi connectivity index (χ4v) is 4.46. The summed E-state index contributed by atoms with van der Waals surface area (Å²) in [6.07, 6.45) is 0.896. The number of carbonyl (C=O) groups is 1. The molecule has 0 saturated carbocycles. The van der Waals surface area contributed by atoms with Crippen molar-refractivity contribution in [1.29, 1.82) is 0 Å². The predicted molar refractivity (Wildman–Crippen MR) is 110 cm³/mol. The summed E-state index contributed by atoms with van der Waals surface area (Å²) in [6.45, 7) is 4.87. The Morgan fingerprint density at radius 1 is 1.26 bits per heavy atom. The molecule has 0 fully saturated rings. The number of thioether (sulfide) groups is 1. The normalized spacial score (nSPS) is 10.9. The standard InChI is InChI=1S/C19H22N4O2S2/c1-12-10-16(17(24)11-26-19-22-21-18(20)27-19)13(2)23(12)9-8-14-4-6-15(25-3)7-5-14/h4-7,10H,8-9,11H2,1-3H3,(H2,20,21). The number of aromatic nitrogens is 3. The minimum atomic E-state index is 0.0950. The van der Waals surface area contributed by atoms with Gasteiger partial charge in [-0.05, 0) is 44.0 Å². The van der Waals surface area contributed by atoms with E-state index in [4.69, 9.17) is 10.5 Å². The van der Waals surface area contributed by atoms with Crippen LogP contribution in [0.1, 0.15) is 27.3 Å². The molecular weight excluding hydrogens is 380 g/mol. The first-order chi connectivity index (χ1) is 13.0. The molecule has 2 N–H and O–H groups in total. The second-order valence-corrected chi connectivity index (χ2v) is 8.38.